The Kier molecular flexibility index (Phi) is 5.20. The summed E-state index contributed by atoms with van der Waals surface area (Å²) in [5.74, 6) is -0.837. The molecule has 0 bridgehead atoms. The van der Waals surface area contributed by atoms with E-state index < -0.39 is 0 Å². The number of piperidine rings is 1. The van der Waals surface area contributed by atoms with Crippen molar-refractivity contribution in [3.05, 3.63) is 65.7 Å². The van der Waals surface area contributed by atoms with Crippen LogP contribution in [0.1, 0.15) is 18.4 Å². The number of nitrogens with one attached hydrogen (secondary N) is 1. The molecule has 0 spiro atoms. The van der Waals surface area contributed by atoms with Crippen molar-refractivity contribution in [2.45, 2.75) is 19.4 Å². The van der Waals surface area contributed by atoms with E-state index in [9.17, 15) is 13.6 Å². The number of amides is 1. The van der Waals surface area contributed by atoms with Crippen LogP contribution in [0.25, 0.3) is 0 Å². The quantitative estimate of drug-likeness (QED) is 0.931. The maximum atomic E-state index is 14.0. The fourth-order valence-corrected chi connectivity index (χ4v) is 3.00. The third kappa shape index (κ3) is 3.79. The molecular formula is C19H20F2N2O. The van der Waals surface area contributed by atoms with E-state index in [0.717, 1.165) is 25.9 Å². The van der Waals surface area contributed by atoms with Gasteiger partial charge >= 0.3 is 0 Å². The summed E-state index contributed by atoms with van der Waals surface area (Å²) >= 11 is 0. The highest BCUT2D eigenvalue weighted by Crippen LogP contribution is 2.24. The summed E-state index contributed by atoms with van der Waals surface area (Å²) < 4.78 is 27.3. The van der Waals surface area contributed by atoms with Crippen LogP contribution in [0.3, 0.4) is 0 Å². The zero-order valence-electron chi connectivity index (χ0n) is 13.3. The number of anilines is 1. The van der Waals surface area contributed by atoms with Crippen molar-refractivity contribution >= 4 is 11.6 Å². The van der Waals surface area contributed by atoms with Crippen molar-refractivity contribution in [3.8, 4) is 0 Å². The lowest BCUT2D eigenvalue weighted by atomic mass is 9.96. The monoisotopic (exact) mass is 330 g/mol. The lowest BCUT2D eigenvalue weighted by Crippen LogP contribution is -2.41. The van der Waals surface area contributed by atoms with Crippen LogP contribution in [0, 0.1) is 17.6 Å². The molecule has 3 nitrogen and oxygen atoms in total. The summed E-state index contributed by atoms with van der Waals surface area (Å²) in [5, 5.41) is 3.23. The zero-order chi connectivity index (χ0) is 16.9. The maximum absolute atomic E-state index is 14.0. The molecular weight excluding hydrogens is 310 g/mol. The van der Waals surface area contributed by atoms with Gasteiger partial charge in [0.05, 0.1) is 6.54 Å². The molecule has 0 saturated carbocycles. The minimum atomic E-state index is -0.362. The molecule has 1 aliphatic heterocycles. The average Bonchev–Trinajstić information content (AvgIpc) is 2.62. The molecule has 1 N–H and O–H groups in total. The highest BCUT2D eigenvalue weighted by atomic mass is 19.1. The molecule has 24 heavy (non-hydrogen) atoms. The minimum absolute atomic E-state index is 0.0358. The summed E-state index contributed by atoms with van der Waals surface area (Å²) in [6, 6.07) is 12.2. The van der Waals surface area contributed by atoms with Crippen LogP contribution in [0.5, 0.6) is 0 Å². The summed E-state index contributed by atoms with van der Waals surface area (Å²) in [6.45, 7) is 1.74. The molecule has 0 radical (unpaired) electrons. The van der Waals surface area contributed by atoms with Gasteiger partial charge in [-0.05, 0) is 56.3 Å². The summed E-state index contributed by atoms with van der Waals surface area (Å²) in [5.41, 5.74) is 1.03. The molecule has 126 valence electrons. The van der Waals surface area contributed by atoms with Gasteiger partial charge in [0.25, 0.3) is 0 Å². The van der Waals surface area contributed by atoms with Crippen molar-refractivity contribution in [2.24, 2.45) is 5.92 Å². The van der Waals surface area contributed by atoms with Gasteiger partial charge in [0.2, 0.25) is 5.91 Å². The van der Waals surface area contributed by atoms with Gasteiger partial charge in [0, 0.05) is 17.2 Å². The molecule has 1 saturated heterocycles. The normalized spacial score (nSPS) is 15.2. The van der Waals surface area contributed by atoms with E-state index in [4.69, 9.17) is 0 Å². The van der Waals surface area contributed by atoms with E-state index in [1.165, 1.54) is 18.2 Å². The molecule has 2 aromatic rings. The highest BCUT2D eigenvalue weighted by molar-refractivity contribution is 5.95. The van der Waals surface area contributed by atoms with Crippen LogP contribution in [-0.2, 0) is 11.3 Å². The second kappa shape index (κ2) is 7.53. The van der Waals surface area contributed by atoms with Crippen molar-refractivity contribution < 1.29 is 13.6 Å². The van der Waals surface area contributed by atoms with Gasteiger partial charge in [-0.1, -0.05) is 18.2 Å². The number of hydrogen-bond acceptors (Lipinski definition) is 2. The van der Waals surface area contributed by atoms with E-state index in [-0.39, 0.29) is 30.0 Å². The first-order valence-electron chi connectivity index (χ1n) is 8.16. The number of carbonyl (C=O) groups excluding carboxylic acids is 1. The predicted molar refractivity (Wildman–Crippen MR) is 89.6 cm³/mol. The Hall–Kier alpha value is -2.27. The van der Waals surface area contributed by atoms with E-state index in [1.54, 1.807) is 35.2 Å². The number of nitrogens with zero attached hydrogens (tertiary/aromatic N) is 1. The smallest absolute Gasteiger partial charge is 0.230 e. The van der Waals surface area contributed by atoms with Crippen LogP contribution in [0.4, 0.5) is 14.5 Å². The average molecular weight is 330 g/mol. The third-order valence-electron chi connectivity index (χ3n) is 4.38. The van der Waals surface area contributed by atoms with Crippen LogP contribution < -0.4 is 10.2 Å². The summed E-state index contributed by atoms with van der Waals surface area (Å²) in [7, 11) is 0. The fourth-order valence-electron chi connectivity index (χ4n) is 3.00. The predicted octanol–water partition coefficient (Wildman–Crippen LogP) is 3.50. The molecule has 1 fully saturated rings. The number of rotatable bonds is 4. The number of carbonyl (C=O) groups is 1. The number of benzene rings is 2. The standard InChI is InChI=1S/C19H20F2N2O/c20-16-5-7-17(8-6-16)23(13-15-3-1-2-4-18(15)21)19(24)14-9-11-22-12-10-14/h1-8,14,22H,9-13H2. The van der Waals surface area contributed by atoms with Crippen LogP contribution in [0.15, 0.2) is 48.5 Å². The number of hydrogen-bond donors (Lipinski definition) is 1. The SMILES string of the molecule is O=C(C1CCNCC1)N(Cc1ccccc1F)c1ccc(F)cc1. The first kappa shape index (κ1) is 16.6. The fraction of sp³-hybridized carbons (Fsp3) is 0.316. The van der Waals surface area contributed by atoms with Crippen molar-refractivity contribution in [1.82, 2.24) is 5.32 Å². The Labute approximate surface area is 140 Å². The van der Waals surface area contributed by atoms with Crippen LogP contribution in [-0.4, -0.2) is 19.0 Å². The zero-order valence-corrected chi connectivity index (χ0v) is 13.3. The Balaban J connectivity index is 1.89. The lowest BCUT2D eigenvalue weighted by Gasteiger charge is -2.30. The van der Waals surface area contributed by atoms with E-state index >= 15 is 0 Å². The topological polar surface area (TPSA) is 32.3 Å². The molecule has 5 heteroatoms. The second-order valence-electron chi connectivity index (χ2n) is 6.02. The van der Waals surface area contributed by atoms with Gasteiger partial charge in [-0.15, -0.1) is 0 Å². The minimum Gasteiger partial charge on any atom is -0.317 e. The molecule has 0 aliphatic carbocycles. The van der Waals surface area contributed by atoms with Gasteiger partial charge in [-0.2, -0.15) is 0 Å². The van der Waals surface area contributed by atoms with Crippen molar-refractivity contribution in [2.75, 3.05) is 18.0 Å². The van der Waals surface area contributed by atoms with E-state index in [0.29, 0.717) is 11.3 Å². The van der Waals surface area contributed by atoms with Gasteiger partial charge in [-0.25, -0.2) is 8.78 Å². The molecule has 0 aromatic heterocycles. The summed E-state index contributed by atoms with van der Waals surface area (Å²) in [6.07, 6.45) is 1.52. The maximum Gasteiger partial charge on any atom is 0.230 e. The van der Waals surface area contributed by atoms with E-state index in [2.05, 4.69) is 5.32 Å². The molecule has 3 rings (SSSR count). The summed E-state index contributed by atoms with van der Waals surface area (Å²) in [4.78, 5) is 14.5. The molecule has 2 aromatic carbocycles. The van der Waals surface area contributed by atoms with Crippen LogP contribution >= 0.6 is 0 Å². The van der Waals surface area contributed by atoms with Gasteiger partial charge in [0.1, 0.15) is 11.6 Å². The largest absolute Gasteiger partial charge is 0.317 e. The van der Waals surface area contributed by atoms with Gasteiger partial charge in [0.15, 0.2) is 0 Å². The molecule has 1 heterocycles. The Bertz CT molecular complexity index is 697. The molecule has 0 unspecified atom stereocenters. The first-order valence-corrected chi connectivity index (χ1v) is 8.16. The second-order valence-corrected chi connectivity index (χ2v) is 6.02. The highest BCUT2D eigenvalue weighted by Gasteiger charge is 2.27. The Morgan fingerprint density at radius 2 is 1.71 bits per heavy atom. The molecule has 0 atom stereocenters. The van der Waals surface area contributed by atoms with Gasteiger partial charge in [-0.3, -0.25) is 4.79 Å². The first-order chi connectivity index (χ1) is 11.6. The van der Waals surface area contributed by atoms with Crippen LogP contribution in [0.2, 0.25) is 0 Å². The van der Waals surface area contributed by atoms with Crippen molar-refractivity contribution in [3.63, 3.8) is 0 Å². The number of halogens is 2. The molecule has 1 amide bonds. The lowest BCUT2D eigenvalue weighted by molar-refractivity contribution is -0.123. The van der Waals surface area contributed by atoms with E-state index in [1.807, 2.05) is 0 Å². The Morgan fingerprint density at radius 1 is 1.04 bits per heavy atom. The third-order valence-corrected chi connectivity index (χ3v) is 4.38. The van der Waals surface area contributed by atoms with Gasteiger partial charge < -0.3 is 10.2 Å². The van der Waals surface area contributed by atoms with Crippen molar-refractivity contribution in [1.29, 1.82) is 0 Å². The Morgan fingerprint density at radius 3 is 2.38 bits per heavy atom. The molecule has 1 aliphatic rings.